The Kier molecular flexibility index (Phi) is 2.03. The van der Waals surface area contributed by atoms with E-state index in [2.05, 4.69) is 6.92 Å². The van der Waals surface area contributed by atoms with Crippen LogP contribution in [-0.4, -0.2) is 5.78 Å². The molecule has 1 heteroatoms. The summed E-state index contributed by atoms with van der Waals surface area (Å²) >= 11 is 0. The summed E-state index contributed by atoms with van der Waals surface area (Å²) in [7, 11) is 0. The standard InChI is InChI=1S/C11H16O/c1-8-6-9-4-2-3-5-10(9)7-11(8)12/h7-9H,2-6H2,1H3/t8-,9+/m1/s1. The Morgan fingerprint density at radius 1 is 1.42 bits per heavy atom. The fraction of sp³-hybridized carbons (Fsp3) is 0.727. The van der Waals surface area contributed by atoms with Crippen LogP contribution in [0.1, 0.15) is 39.0 Å². The van der Waals surface area contributed by atoms with Gasteiger partial charge in [-0.2, -0.15) is 0 Å². The van der Waals surface area contributed by atoms with Gasteiger partial charge in [0.1, 0.15) is 0 Å². The van der Waals surface area contributed by atoms with E-state index in [1.54, 1.807) is 0 Å². The summed E-state index contributed by atoms with van der Waals surface area (Å²) in [6.45, 7) is 2.06. The van der Waals surface area contributed by atoms with Crippen LogP contribution in [0.4, 0.5) is 0 Å². The van der Waals surface area contributed by atoms with Crippen LogP contribution in [0.15, 0.2) is 11.6 Å². The van der Waals surface area contributed by atoms with Gasteiger partial charge in [-0.25, -0.2) is 0 Å². The third-order valence-electron chi connectivity index (χ3n) is 3.24. The molecule has 0 radical (unpaired) electrons. The number of hydrogen-bond acceptors (Lipinski definition) is 1. The van der Waals surface area contributed by atoms with Crippen molar-refractivity contribution in [2.24, 2.45) is 11.8 Å². The fourth-order valence-corrected chi connectivity index (χ4v) is 2.44. The molecule has 2 aliphatic rings. The molecule has 2 atom stereocenters. The van der Waals surface area contributed by atoms with E-state index in [-0.39, 0.29) is 5.92 Å². The SMILES string of the molecule is C[C@@H]1C[C@@H]2CCCCC2=CC1=O. The van der Waals surface area contributed by atoms with Gasteiger partial charge in [0.25, 0.3) is 0 Å². The van der Waals surface area contributed by atoms with Crippen molar-refractivity contribution in [3.8, 4) is 0 Å². The van der Waals surface area contributed by atoms with E-state index in [4.69, 9.17) is 0 Å². The van der Waals surface area contributed by atoms with Crippen molar-refractivity contribution < 1.29 is 4.79 Å². The van der Waals surface area contributed by atoms with Crippen molar-refractivity contribution in [2.75, 3.05) is 0 Å². The molecule has 0 saturated heterocycles. The molecule has 1 nitrogen and oxygen atoms in total. The lowest BCUT2D eigenvalue weighted by Gasteiger charge is -2.30. The summed E-state index contributed by atoms with van der Waals surface area (Å²) in [6.07, 6.45) is 8.21. The maximum absolute atomic E-state index is 11.4. The largest absolute Gasteiger partial charge is 0.295 e. The van der Waals surface area contributed by atoms with E-state index in [0.717, 1.165) is 12.3 Å². The first-order valence-corrected chi connectivity index (χ1v) is 5.01. The Hall–Kier alpha value is -0.590. The summed E-state index contributed by atoms with van der Waals surface area (Å²) in [6, 6.07) is 0. The van der Waals surface area contributed by atoms with Crippen LogP contribution < -0.4 is 0 Å². The Morgan fingerprint density at radius 2 is 2.25 bits per heavy atom. The van der Waals surface area contributed by atoms with Gasteiger partial charge in [0.05, 0.1) is 0 Å². The van der Waals surface area contributed by atoms with Crippen molar-refractivity contribution in [1.29, 1.82) is 0 Å². The third kappa shape index (κ3) is 1.33. The number of carbonyl (C=O) groups excluding carboxylic acids is 1. The third-order valence-corrected chi connectivity index (χ3v) is 3.24. The van der Waals surface area contributed by atoms with E-state index in [1.807, 2.05) is 6.08 Å². The van der Waals surface area contributed by atoms with Crippen molar-refractivity contribution in [2.45, 2.75) is 39.0 Å². The first-order valence-electron chi connectivity index (χ1n) is 5.01. The predicted octanol–water partition coefficient (Wildman–Crippen LogP) is 2.71. The van der Waals surface area contributed by atoms with Gasteiger partial charge in [0, 0.05) is 5.92 Å². The van der Waals surface area contributed by atoms with Crippen molar-refractivity contribution in [3.63, 3.8) is 0 Å². The summed E-state index contributed by atoms with van der Waals surface area (Å²) in [5, 5.41) is 0. The number of ketones is 1. The Morgan fingerprint density at radius 3 is 3.08 bits per heavy atom. The van der Waals surface area contributed by atoms with Crippen molar-refractivity contribution >= 4 is 5.78 Å². The molecule has 2 aliphatic carbocycles. The van der Waals surface area contributed by atoms with Crippen molar-refractivity contribution in [3.05, 3.63) is 11.6 Å². The van der Waals surface area contributed by atoms with Gasteiger partial charge in [0.15, 0.2) is 5.78 Å². The second-order valence-corrected chi connectivity index (χ2v) is 4.20. The molecule has 0 heterocycles. The normalized spacial score (nSPS) is 35.8. The Bertz CT molecular complexity index is 227. The average Bonchev–Trinajstić information content (AvgIpc) is 2.07. The minimum Gasteiger partial charge on any atom is -0.295 e. The van der Waals surface area contributed by atoms with Crippen LogP contribution in [0, 0.1) is 11.8 Å². The van der Waals surface area contributed by atoms with Gasteiger partial charge < -0.3 is 0 Å². The van der Waals surface area contributed by atoms with Crippen LogP contribution in [0.2, 0.25) is 0 Å². The van der Waals surface area contributed by atoms with E-state index in [9.17, 15) is 4.79 Å². The molecule has 0 unspecified atom stereocenters. The van der Waals surface area contributed by atoms with Crippen LogP contribution in [0.25, 0.3) is 0 Å². The van der Waals surface area contributed by atoms with E-state index in [0.29, 0.717) is 5.78 Å². The first kappa shape index (κ1) is 8.03. The highest BCUT2D eigenvalue weighted by molar-refractivity contribution is 5.93. The molecule has 0 spiro atoms. The molecule has 0 aromatic rings. The highest BCUT2D eigenvalue weighted by Gasteiger charge is 2.28. The van der Waals surface area contributed by atoms with Gasteiger partial charge in [-0.05, 0) is 37.7 Å². The van der Waals surface area contributed by atoms with Gasteiger partial charge in [-0.3, -0.25) is 4.79 Å². The average molecular weight is 164 g/mol. The lowest BCUT2D eigenvalue weighted by atomic mass is 9.74. The first-order chi connectivity index (χ1) is 5.77. The molecule has 0 aromatic heterocycles. The van der Waals surface area contributed by atoms with Gasteiger partial charge in [0.2, 0.25) is 0 Å². The topological polar surface area (TPSA) is 17.1 Å². The van der Waals surface area contributed by atoms with Crippen LogP contribution in [0.5, 0.6) is 0 Å². The summed E-state index contributed by atoms with van der Waals surface area (Å²) in [4.78, 5) is 11.4. The minimum atomic E-state index is 0.289. The Balaban J connectivity index is 2.19. The highest BCUT2D eigenvalue weighted by Crippen LogP contribution is 2.37. The van der Waals surface area contributed by atoms with Crippen LogP contribution >= 0.6 is 0 Å². The second kappa shape index (κ2) is 3.04. The van der Waals surface area contributed by atoms with E-state index < -0.39 is 0 Å². The molecular formula is C11H16O. The summed E-state index contributed by atoms with van der Waals surface area (Å²) in [5.74, 6) is 1.41. The molecular weight excluding hydrogens is 148 g/mol. The van der Waals surface area contributed by atoms with Crippen LogP contribution in [0.3, 0.4) is 0 Å². The fourth-order valence-electron chi connectivity index (χ4n) is 2.44. The maximum atomic E-state index is 11.4. The van der Waals surface area contributed by atoms with Gasteiger partial charge in [-0.15, -0.1) is 0 Å². The molecule has 66 valence electrons. The molecule has 12 heavy (non-hydrogen) atoms. The highest BCUT2D eigenvalue weighted by atomic mass is 16.1. The van der Waals surface area contributed by atoms with Gasteiger partial charge >= 0.3 is 0 Å². The zero-order chi connectivity index (χ0) is 8.55. The lowest BCUT2D eigenvalue weighted by molar-refractivity contribution is -0.118. The Labute approximate surface area is 73.8 Å². The predicted molar refractivity (Wildman–Crippen MR) is 48.8 cm³/mol. The molecule has 0 bridgehead atoms. The van der Waals surface area contributed by atoms with E-state index in [1.165, 1.54) is 31.3 Å². The molecule has 0 N–H and O–H groups in total. The molecule has 1 fully saturated rings. The number of allylic oxidation sites excluding steroid dienone is 2. The van der Waals surface area contributed by atoms with E-state index >= 15 is 0 Å². The molecule has 2 rings (SSSR count). The van der Waals surface area contributed by atoms with Crippen molar-refractivity contribution in [1.82, 2.24) is 0 Å². The molecule has 1 saturated carbocycles. The summed E-state index contributed by atoms with van der Waals surface area (Å²) in [5.41, 5.74) is 1.45. The lowest BCUT2D eigenvalue weighted by Crippen LogP contribution is -2.23. The maximum Gasteiger partial charge on any atom is 0.158 e. The smallest absolute Gasteiger partial charge is 0.158 e. The zero-order valence-corrected chi connectivity index (χ0v) is 7.68. The molecule has 0 aliphatic heterocycles. The quantitative estimate of drug-likeness (QED) is 0.538. The number of rotatable bonds is 0. The van der Waals surface area contributed by atoms with Gasteiger partial charge in [-0.1, -0.05) is 18.9 Å². The number of fused-ring (bicyclic) bond motifs is 1. The second-order valence-electron chi connectivity index (χ2n) is 4.20. The number of carbonyl (C=O) groups is 1. The monoisotopic (exact) mass is 164 g/mol. The number of hydrogen-bond donors (Lipinski definition) is 0. The zero-order valence-electron chi connectivity index (χ0n) is 7.68. The molecule has 0 amide bonds. The van der Waals surface area contributed by atoms with Crippen LogP contribution in [-0.2, 0) is 4.79 Å². The minimum absolute atomic E-state index is 0.289. The molecule has 0 aromatic carbocycles. The summed E-state index contributed by atoms with van der Waals surface area (Å²) < 4.78 is 0.